The summed E-state index contributed by atoms with van der Waals surface area (Å²) in [4.78, 5) is 16.6. The van der Waals surface area contributed by atoms with Crippen molar-refractivity contribution in [2.75, 3.05) is 39.8 Å². The molecule has 2 fully saturated rings. The first kappa shape index (κ1) is 25.9. The quantitative estimate of drug-likeness (QED) is 0.585. The predicted molar refractivity (Wildman–Crippen MR) is 133 cm³/mol. The first-order chi connectivity index (χ1) is 14.1. The normalized spacial score (nSPS) is 20.4. The van der Waals surface area contributed by atoms with Gasteiger partial charge in [0, 0.05) is 42.6 Å². The van der Waals surface area contributed by atoms with Crippen molar-refractivity contribution in [3.63, 3.8) is 0 Å². The van der Waals surface area contributed by atoms with Crippen LogP contribution in [0.15, 0.2) is 53.0 Å². The van der Waals surface area contributed by atoms with E-state index in [0.717, 1.165) is 48.4 Å². The third-order valence-electron chi connectivity index (χ3n) is 5.76. The van der Waals surface area contributed by atoms with Gasteiger partial charge in [0.15, 0.2) is 0 Å². The number of carbonyl (C=O) groups excluding carboxylic acids is 1. The maximum atomic E-state index is 12.4. The van der Waals surface area contributed by atoms with E-state index in [0.29, 0.717) is 25.1 Å². The van der Waals surface area contributed by atoms with Gasteiger partial charge in [0.25, 0.3) is 0 Å². The van der Waals surface area contributed by atoms with Crippen LogP contribution in [0.3, 0.4) is 0 Å². The molecule has 5 nitrogen and oxygen atoms in total. The molecule has 1 saturated heterocycles. The molecule has 1 amide bonds. The molecule has 1 aliphatic carbocycles. The second-order valence-electron chi connectivity index (χ2n) is 8.00. The molecule has 1 aliphatic heterocycles. The van der Waals surface area contributed by atoms with Gasteiger partial charge in [-0.1, -0.05) is 40.2 Å². The zero-order valence-electron chi connectivity index (χ0n) is 17.6. The fourth-order valence-electron chi connectivity index (χ4n) is 3.78. The van der Waals surface area contributed by atoms with E-state index < -0.39 is 0 Å². The summed E-state index contributed by atoms with van der Waals surface area (Å²) in [7, 11) is 2.10. The Bertz CT molecular complexity index is 845. The van der Waals surface area contributed by atoms with Crippen molar-refractivity contribution in [1.82, 2.24) is 15.1 Å². The molecule has 0 radical (unpaired) electrons. The first-order valence-corrected chi connectivity index (χ1v) is 11.0. The highest BCUT2D eigenvalue weighted by Gasteiger charge is 2.38. The Morgan fingerprint density at radius 1 is 1.10 bits per heavy atom. The zero-order chi connectivity index (χ0) is 20.2. The lowest BCUT2D eigenvalue weighted by molar-refractivity contribution is -0.131. The summed E-state index contributed by atoms with van der Waals surface area (Å²) in [6.45, 7) is 4.61. The molecular formula is C23H30BrCl2N3O2. The topological polar surface area (TPSA) is 44.8 Å². The molecule has 1 saturated carbocycles. The lowest BCUT2D eigenvalue weighted by Crippen LogP contribution is -2.49. The highest BCUT2D eigenvalue weighted by Crippen LogP contribution is 2.41. The number of nitrogens with zero attached hydrogens (tertiary/aromatic N) is 2. The van der Waals surface area contributed by atoms with Crippen LogP contribution in [0.25, 0.3) is 0 Å². The molecule has 1 unspecified atom stereocenters. The molecule has 8 heteroatoms. The number of hydrogen-bond donors (Lipinski definition) is 1. The van der Waals surface area contributed by atoms with Gasteiger partial charge in [0.2, 0.25) is 5.91 Å². The minimum Gasteiger partial charge on any atom is -0.489 e. The van der Waals surface area contributed by atoms with Gasteiger partial charge in [0.05, 0.1) is 6.54 Å². The SMILES string of the molecule is CN1CCN(C(=O)CN[C@H]2CC2c2ccc(OCc3cccc(Br)c3)cc2)CC1.Cl.Cl. The first-order valence-electron chi connectivity index (χ1n) is 10.3. The molecule has 170 valence electrons. The number of halogens is 3. The molecule has 31 heavy (non-hydrogen) atoms. The van der Waals surface area contributed by atoms with Gasteiger partial charge in [-0.15, -0.1) is 24.8 Å². The van der Waals surface area contributed by atoms with Crippen LogP contribution in [-0.2, 0) is 11.4 Å². The summed E-state index contributed by atoms with van der Waals surface area (Å²) in [6.07, 6.45) is 1.09. The molecule has 0 aromatic heterocycles. The van der Waals surface area contributed by atoms with Crippen LogP contribution in [0.5, 0.6) is 5.75 Å². The molecule has 2 atom stereocenters. The van der Waals surface area contributed by atoms with Gasteiger partial charge in [-0.3, -0.25) is 4.79 Å². The third-order valence-corrected chi connectivity index (χ3v) is 6.26. The Balaban J connectivity index is 0.00000171. The van der Waals surface area contributed by atoms with Crippen molar-refractivity contribution in [3.05, 3.63) is 64.1 Å². The van der Waals surface area contributed by atoms with Crippen LogP contribution in [0.1, 0.15) is 23.5 Å². The molecule has 1 heterocycles. The maximum absolute atomic E-state index is 12.4. The summed E-state index contributed by atoms with van der Waals surface area (Å²) in [6, 6.07) is 16.9. The fourth-order valence-corrected chi connectivity index (χ4v) is 4.23. The summed E-state index contributed by atoms with van der Waals surface area (Å²) >= 11 is 3.49. The Morgan fingerprint density at radius 3 is 2.48 bits per heavy atom. The number of benzene rings is 2. The number of likely N-dealkylation sites (N-methyl/N-ethyl adjacent to an activating group) is 1. The van der Waals surface area contributed by atoms with E-state index in [1.165, 1.54) is 5.56 Å². The number of nitrogens with one attached hydrogen (secondary N) is 1. The third kappa shape index (κ3) is 7.36. The summed E-state index contributed by atoms with van der Waals surface area (Å²) in [5.74, 6) is 1.60. The number of carbonyl (C=O) groups is 1. The Labute approximate surface area is 205 Å². The number of ether oxygens (including phenoxy) is 1. The van der Waals surface area contributed by atoms with Gasteiger partial charge in [0.1, 0.15) is 12.4 Å². The summed E-state index contributed by atoms with van der Waals surface area (Å²) in [5.41, 5.74) is 2.45. The van der Waals surface area contributed by atoms with Crippen molar-refractivity contribution in [1.29, 1.82) is 0 Å². The lowest BCUT2D eigenvalue weighted by Gasteiger charge is -2.32. The number of piperazine rings is 1. The van der Waals surface area contributed by atoms with Crippen LogP contribution in [0.2, 0.25) is 0 Å². The highest BCUT2D eigenvalue weighted by atomic mass is 79.9. The highest BCUT2D eigenvalue weighted by molar-refractivity contribution is 9.10. The van der Waals surface area contributed by atoms with Gasteiger partial charge in [-0.25, -0.2) is 0 Å². The Kier molecular flexibility index (Phi) is 10.1. The van der Waals surface area contributed by atoms with E-state index in [-0.39, 0.29) is 30.7 Å². The number of hydrogen-bond acceptors (Lipinski definition) is 4. The fraction of sp³-hybridized carbons (Fsp3) is 0.435. The molecule has 2 aromatic rings. The largest absolute Gasteiger partial charge is 0.489 e. The standard InChI is InChI=1S/C23H28BrN3O2.2ClH/c1-26-9-11-27(12-10-26)23(28)15-25-22-14-21(22)18-5-7-20(8-6-18)29-16-17-3-2-4-19(24)13-17;;/h2-8,13,21-22,25H,9-12,14-16H2,1H3;2*1H/t21?,22-;;/m0../s1. The van der Waals surface area contributed by atoms with Crippen molar-refractivity contribution in [3.8, 4) is 5.75 Å². The minimum absolute atomic E-state index is 0. The van der Waals surface area contributed by atoms with Crippen molar-refractivity contribution in [2.24, 2.45) is 0 Å². The number of amides is 1. The average Bonchev–Trinajstić information content (AvgIpc) is 3.51. The minimum atomic E-state index is 0. The Morgan fingerprint density at radius 2 is 1.81 bits per heavy atom. The van der Waals surface area contributed by atoms with Gasteiger partial charge < -0.3 is 19.9 Å². The van der Waals surface area contributed by atoms with Crippen LogP contribution in [0, 0.1) is 0 Å². The predicted octanol–water partition coefficient (Wildman–Crippen LogP) is 4.09. The maximum Gasteiger partial charge on any atom is 0.236 e. The number of rotatable bonds is 7. The van der Waals surface area contributed by atoms with Crippen LogP contribution in [0.4, 0.5) is 0 Å². The van der Waals surface area contributed by atoms with E-state index in [2.05, 4.69) is 57.5 Å². The summed E-state index contributed by atoms with van der Waals surface area (Å²) < 4.78 is 6.95. The van der Waals surface area contributed by atoms with Crippen LogP contribution in [-0.4, -0.2) is 61.5 Å². The van der Waals surface area contributed by atoms with Gasteiger partial charge >= 0.3 is 0 Å². The second kappa shape index (κ2) is 12.1. The molecule has 0 bridgehead atoms. The van der Waals surface area contributed by atoms with Crippen molar-refractivity contribution < 1.29 is 9.53 Å². The lowest BCUT2D eigenvalue weighted by atomic mass is 10.1. The smallest absolute Gasteiger partial charge is 0.236 e. The van der Waals surface area contributed by atoms with Crippen LogP contribution >= 0.6 is 40.7 Å². The average molecular weight is 531 g/mol. The van der Waals surface area contributed by atoms with E-state index in [1.54, 1.807) is 0 Å². The second-order valence-corrected chi connectivity index (χ2v) is 8.92. The van der Waals surface area contributed by atoms with E-state index >= 15 is 0 Å². The molecule has 2 aliphatic rings. The van der Waals surface area contributed by atoms with E-state index in [4.69, 9.17) is 4.74 Å². The molecule has 4 rings (SSSR count). The van der Waals surface area contributed by atoms with Crippen molar-refractivity contribution >= 4 is 46.7 Å². The van der Waals surface area contributed by atoms with Gasteiger partial charge in [-0.2, -0.15) is 0 Å². The molecule has 0 spiro atoms. The molecular weight excluding hydrogens is 501 g/mol. The Hall–Kier alpha value is -1.31. The van der Waals surface area contributed by atoms with Crippen LogP contribution < -0.4 is 10.1 Å². The zero-order valence-corrected chi connectivity index (χ0v) is 20.8. The van der Waals surface area contributed by atoms with Crippen molar-refractivity contribution in [2.45, 2.75) is 25.0 Å². The monoisotopic (exact) mass is 529 g/mol. The molecule has 1 N–H and O–H groups in total. The van der Waals surface area contributed by atoms with E-state index in [1.807, 2.05) is 29.2 Å². The van der Waals surface area contributed by atoms with E-state index in [9.17, 15) is 4.79 Å². The van der Waals surface area contributed by atoms with Gasteiger partial charge in [-0.05, 0) is 48.9 Å². The summed E-state index contributed by atoms with van der Waals surface area (Å²) in [5, 5.41) is 3.44. The molecule has 2 aromatic carbocycles.